The molecule has 3 N–H and O–H groups in total. The zero-order valence-corrected chi connectivity index (χ0v) is 10.9. The minimum atomic E-state index is -0.337. The minimum absolute atomic E-state index is 0.0524. The van der Waals surface area contributed by atoms with Crippen LogP contribution in [0.15, 0.2) is 0 Å². The lowest BCUT2D eigenvalue weighted by molar-refractivity contribution is -0.124. The molecule has 0 aliphatic heterocycles. The smallest absolute Gasteiger partial charge is 0.230 e. The van der Waals surface area contributed by atoms with Crippen LogP contribution in [0.25, 0.3) is 0 Å². The summed E-state index contributed by atoms with van der Waals surface area (Å²) >= 11 is 4.86. The Kier molecular flexibility index (Phi) is 5.80. The summed E-state index contributed by atoms with van der Waals surface area (Å²) in [7, 11) is 0. The maximum atomic E-state index is 11.8. The second-order valence-electron chi connectivity index (χ2n) is 4.49. The van der Waals surface area contributed by atoms with Gasteiger partial charge in [-0.25, -0.2) is 0 Å². The van der Waals surface area contributed by atoms with E-state index in [2.05, 4.69) is 12.2 Å². The Labute approximate surface area is 97.8 Å². The summed E-state index contributed by atoms with van der Waals surface area (Å²) in [5.41, 5.74) is 5.33. The van der Waals surface area contributed by atoms with E-state index in [0.29, 0.717) is 6.42 Å². The van der Waals surface area contributed by atoms with Crippen LogP contribution in [0.1, 0.15) is 47.0 Å². The third-order valence-corrected chi connectivity index (χ3v) is 2.69. The summed E-state index contributed by atoms with van der Waals surface area (Å²) in [5, 5.41) is 2.98. The average Bonchev–Trinajstić information content (AvgIpc) is 2.02. The van der Waals surface area contributed by atoms with Crippen molar-refractivity contribution in [3.05, 3.63) is 0 Å². The Morgan fingerprint density at radius 2 is 2.00 bits per heavy atom. The molecule has 88 valence electrons. The first kappa shape index (κ1) is 14.4. The van der Waals surface area contributed by atoms with E-state index >= 15 is 0 Å². The van der Waals surface area contributed by atoms with Gasteiger partial charge in [-0.1, -0.05) is 32.5 Å². The van der Waals surface area contributed by atoms with Gasteiger partial charge in [-0.3, -0.25) is 4.79 Å². The first-order valence-electron chi connectivity index (χ1n) is 5.45. The number of hydrogen-bond acceptors (Lipinski definition) is 2. The fourth-order valence-corrected chi connectivity index (χ4v) is 1.90. The third kappa shape index (κ3) is 5.11. The van der Waals surface area contributed by atoms with Gasteiger partial charge < -0.3 is 11.1 Å². The lowest BCUT2D eigenvalue weighted by Crippen LogP contribution is -2.48. The molecule has 0 aromatic heterocycles. The number of amides is 1. The van der Waals surface area contributed by atoms with Crippen molar-refractivity contribution < 1.29 is 4.79 Å². The molecule has 3 nitrogen and oxygen atoms in total. The van der Waals surface area contributed by atoms with Crippen molar-refractivity contribution in [3.63, 3.8) is 0 Å². The van der Waals surface area contributed by atoms with Gasteiger partial charge in [0.25, 0.3) is 0 Å². The second-order valence-corrected chi connectivity index (χ2v) is 4.96. The predicted octanol–water partition coefficient (Wildman–Crippen LogP) is 1.99. The van der Waals surface area contributed by atoms with Crippen molar-refractivity contribution in [2.75, 3.05) is 0 Å². The summed E-state index contributed by atoms with van der Waals surface area (Å²) in [6, 6.07) is 0. The monoisotopic (exact) mass is 230 g/mol. The number of carbonyl (C=O) groups is 1. The van der Waals surface area contributed by atoms with Gasteiger partial charge >= 0.3 is 0 Å². The fourth-order valence-electron chi connectivity index (χ4n) is 1.62. The summed E-state index contributed by atoms with van der Waals surface area (Å²) in [6.45, 7) is 8.04. The van der Waals surface area contributed by atoms with Crippen LogP contribution in [0.4, 0.5) is 0 Å². The van der Waals surface area contributed by atoms with Crippen molar-refractivity contribution in [3.8, 4) is 0 Å². The Morgan fingerprint density at radius 1 is 1.47 bits per heavy atom. The molecule has 0 aliphatic carbocycles. The maximum Gasteiger partial charge on any atom is 0.230 e. The second kappa shape index (κ2) is 6.05. The highest BCUT2D eigenvalue weighted by atomic mass is 32.1. The van der Waals surface area contributed by atoms with Gasteiger partial charge in [-0.15, -0.1) is 0 Å². The Hall–Kier alpha value is -0.640. The van der Waals surface area contributed by atoms with Crippen LogP contribution in [-0.4, -0.2) is 16.4 Å². The fraction of sp³-hybridized carbons (Fsp3) is 0.818. The van der Waals surface area contributed by atoms with Crippen molar-refractivity contribution >= 4 is 23.1 Å². The zero-order valence-electron chi connectivity index (χ0n) is 10.1. The molecular formula is C11H22N2OS. The van der Waals surface area contributed by atoms with Gasteiger partial charge in [-0.05, 0) is 26.7 Å². The van der Waals surface area contributed by atoms with E-state index in [9.17, 15) is 4.79 Å². The van der Waals surface area contributed by atoms with E-state index in [1.165, 1.54) is 0 Å². The summed E-state index contributed by atoms with van der Waals surface area (Å²) in [4.78, 5) is 12.1. The highest BCUT2D eigenvalue weighted by Crippen LogP contribution is 2.13. The molecule has 0 heterocycles. The Balaban J connectivity index is 4.40. The van der Waals surface area contributed by atoms with Gasteiger partial charge in [0.2, 0.25) is 5.91 Å². The SMILES string of the molecule is CCCC(C)(C)NC(=O)C(CC)C(N)=S. The highest BCUT2D eigenvalue weighted by molar-refractivity contribution is 7.80. The van der Waals surface area contributed by atoms with Crippen LogP contribution in [0.5, 0.6) is 0 Å². The third-order valence-electron chi connectivity index (χ3n) is 2.40. The van der Waals surface area contributed by atoms with E-state index in [1.54, 1.807) is 0 Å². The van der Waals surface area contributed by atoms with Gasteiger partial charge in [0, 0.05) is 5.54 Å². The van der Waals surface area contributed by atoms with Crippen molar-refractivity contribution in [2.24, 2.45) is 11.7 Å². The molecule has 0 bridgehead atoms. The standard InChI is InChI=1S/C11H22N2OS/c1-5-7-11(3,4)13-10(14)8(6-2)9(12)15/h8H,5-7H2,1-4H3,(H2,12,15)(H,13,14). The van der Waals surface area contributed by atoms with Crippen molar-refractivity contribution in [1.29, 1.82) is 0 Å². The summed E-state index contributed by atoms with van der Waals surface area (Å²) in [5.74, 6) is -0.389. The van der Waals surface area contributed by atoms with Crippen molar-refractivity contribution in [2.45, 2.75) is 52.5 Å². The number of nitrogens with two attached hydrogens (primary N) is 1. The first-order chi connectivity index (χ1) is 6.84. The first-order valence-corrected chi connectivity index (χ1v) is 5.86. The number of rotatable bonds is 6. The van der Waals surface area contributed by atoms with Crippen LogP contribution < -0.4 is 11.1 Å². The summed E-state index contributed by atoms with van der Waals surface area (Å²) < 4.78 is 0. The molecule has 0 aromatic carbocycles. The largest absolute Gasteiger partial charge is 0.393 e. The van der Waals surface area contributed by atoms with Crippen LogP contribution in [0.2, 0.25) is 0 Å². The molecule has 0 saturated carbocycles. The van der Waals surface area contributed by atoms with Crippen LogP contribution in [0, 0.1) is 5.92 Å². The van der Waals surface area contributed by atoms with Gasteiger partial charge in [0.15, 0.2) is 0 Å². The van der Waals surface area contributed by atoms with E-state index in [4.69, 9.17) is 18.0 Å². The molecule has 0 fully saturated rings. The molecular weight excluding hydrogens is 208 g/mol. The van der Waals surface area contributed by atoms with E-state index in [0.717, 1.165) is 12.8 Å². The van der Waals surface area contributed by atoms with Gasteiger partial charge in [0.05, 0.1) is 10.9 Å². The Morgan fingerprint density at radius 3 is 2.33 bits per heavy atom. The predicted molar refractivity (Wildman–Crippen MR) is 67.7 cm³/mol. The normalized spacial score (nSPS) is 13.3. The molecule has 0 saturated heterocycles. The lowest BCUT2D eigenvalue weighted by atomic mass is 9.96. The molecule has 1 unspecified atom stereocenters. The molecule has 0 radical (unpaired) electrons. The highest BCUT2D eigenvalue weighted by Gasteiger charge is 2.25. The van der Waals surface area contributed by atoms with Crippen molar-refractivity contribution in [1.82, 2.24) is 5.32 Å². The maximum absolute atomic E-state index is 11.8. The van der Waals surface area contributed by atoms with Gasteiger partial charge in [0.1, 0.15) is 0 Å². The lowest BCUT2D eigenvalue weighted by Gasteiger charge is -2.28. The summed E-state index contributed by atoms with van der Waals surface area (Å²) in [6.07, 6.45) is 2.65. The molecule has 15 heavy (non-hydrogen) atoms. The quantitative estimate of drug-likeness (QED) is 0.686. The number of hydrogen-bond donors (Lipinski definition) is 2. The number of nitrogens with one attached hydrogen (secondary N) is 1. The molecule has 4 heteroatoms. The van der Waals surface area contributed by atoms with E-state index < -0.39 is 0 Å². The van der Waals surface area contributed by atoms with Crippen LogP contribution in [0.3, 0.4) is 0 Å². The molecule has 0 aliphatic rings. The van der Waals surface area contributed by atoms with E-state index in [1.807, 2.05) is 20.8 Å². The van der Waals surface area contributed by atoms with Gasteiger partial charge in [-0.2, -0.15) is 0 Å². The molecule has 1 amide bonds. The molecule has 1 atom stereocenters. The average molecular weight is 230 g/mol. The molecule has 0 aromatic rings. The minimum Gasteiger partial charge on any atom is -0.393 e. The number of thiocarbonyl (C=S) groups is 1. The van der Waals surface area contributed by atoms with Crippen LogP contribution in [-0.2, 0) is 4.79 Å². The van der Waals surface area contributed by atoms with Crippen LogP contribution >= 0.6 is 12.2 Å². The van der Waals surface area contributed by atoms with E-state index in [-0.39, 0.29) is 22.4 Å². The number of carbonyl (C=O) groups excluding carboxylic acids is 1. The Bertz CT molecular complexity index is 239. The molecule has 0 rings (SSSR count). The topological polar surface area (TPSA) is 55.1 Å². The zero-order chi connectivity index (χ0) is 12.1. The molecule has 0 spiro atoms.